The molecule has 3 N–H and O–H groups in total. The van der Waals surface area contributed by atoms with E-state index in [1.165, 1.54) is 17.4 Å². The topological polar surface area (TPSA) is 85.1 Å². The van der Waals surface area contributed by atoms with Crippen LogP contribution in [0.15, 0.2) is 35.7 Å². The number of primary amides is 1. The summed E-state index contributed by atoms with van der Waals surface area (Å²) in [5.74, 6) is -0.768. The van der Waals surface area contributed by atoms with Gasteiger partial charge in [-0.1, -0.05) is 29.8 Å². The molecule has 2 aromatic rings. The fourth-order valence-electron chi connectivity index (χ4n) is 1.82. The van der Waals surface area contributed by atoms with Gasteiger partial charge >= 0.3 is 0 Å². The quantitative estimate of drug-likeness (QED) is 0.824. The second-order valence-electron chi connectivity index (χ2n) is 4.58. The summed E-state index contributed by atoms with van der Waals surface area (Å²) in [5.41, 5.74) is 7.18. The van der Waals surface area contributed by atoms with E-state index in [9.17, 15) is 9.59 Å². The molecule has 0 bridgehead atoms. The summed E-state index contributed by atoms with van der Waals surface area (Å²) in [6, 6.07) is 7.29. The van der Waals surface area contributed by atoms with E-state index in [1.54, 1.807) is 18.4 Å². The van der Waals surface area contributed by atoms with Crippen LogP contribution in [-0.4, -0.2) is 16.8 Å². The molecule has 0 aliphatic carbocycles. The maximum atomic E-state index is 12.0. The molecule has 0 saturated heterocycles. The third-order valence-corrected chi connectivity index (χ3v) is 3.92. The van der Waals surface area contributed by atoms with Crippen LogP contribution in [0.2, 0.25) is 5.02 Å². The lowest BCUT2D eigenvalue weighted by Gasteiger charge is -2.04. The molecule has 2 rings (SSSR count). The first-order valence-corrected chi connectivity index (χ1v) is 7.68. The maximum Gasteiger partial charge on any atom is 0.250 e. The van der Waals surface area contributed by atoms with Crippen molar-refractivity contribution in [2.24, 2.45) is 5.73 Å². The summed E-state index contributed by atoms with van der Waals surface area (Å²) < 4.78 is 0. The summed E-state index contributed by atoms with van der Waals surface area (Å²) in [6.45, 7) is 1.81. The summed E-state index contributed by atoms with van der Waals surface area (Å²) in [7, 11) is 0. The van der Waals surface area contributed by atoms with E-state index in [2.05, 4.69) is 10.3 Å². The number of nitrogens with one attached hydrogen (secondary N) is 1. The van der Waals surface area contributed by atoms with Gasteiger partial charge in [-0.3, -0.25) is 14.9 Å². The Hall–Kier alpha value is -2.18. The number of aromatic nitrogens is 1. The number of carbonyl (C=O) groups excluding carboxylic acids is 2. The van der Waals surface area contributed by atoms with Crippen molar-refractivity contribution >= 4 is 45.5 Å². The zero-order chi connectivity index (χ0) is 16.1. The highest BCUT2D eigenvalue weighted by Gasteiger charge is 2.08. The molecule has 0 unspecified atom stereocenters. The normalized spacial score (nSPS) is 11.3. The van der Waals surface area contributed by atoms with Crippen molar-refractivity contribution in [3.8, 4) is 0 Å². The van der Waals surface area contributed by atoms with Crippen LogP contribution in [0.25, 0.3) is 5.57 Å². The van der Waals surface area contributed by atoms with Gasteiger partial charge in [0, 0.05) is 16.5 Å². The molecule has 2 amide bonds. The Bertz CT molecular complexity index is 740. The van der Waals surface area contributed by atoms with Gasteiger partial charge in [-0.2, -0.15) is 0 Å². The van der Waals surface area contributed by atoms with Gasteiger partial charge in [0.15, 0.2) is 5.13 Å². The number of thiazole rings is 1. The average Bonchev–Trinajstić information content (AvgIpc) is 2.85. The number of allylic oxidation sites excluding steroid dienone is 1. The van der Waals surface area contributed by atoms with E-state index >= 15 is 0 Å². The number of carbonyl (C=O) groups is 2. The van der Waals surface area contributed by atoms with Crippen LogP contribution in [0.4, 0.5) is 5.13 Å². The Labute approximate surface area is 136 Å². The highest BCUT2D eigenvalue weighted by Crippen LogP contribution is 2.23. The summed E-state index contributed by atoms with van der Waals surface area (Å²) in [5, 5.41) is 5.34. The number of halogens is 1. The number of nitrogens with zero attached hydrogens (tertiary/aromatic N) is 1. The van der Waals surface area contributed by atoms with Crippen LogP contribution in [0.1, 0.15) is 18.2 Å². The Kier molecular flexibility index (Phi) is 5.30. The zero-order valence-electron chi connectivity index (χ0n) is 11.8. The van der Waals surface area contributed by atoms with Crippen LogP contribution in [0, 0.1) is 0 Å². The lowest BCUT2D eigenvalue weighted by Crippen LogP contribution is -2.14. The lowest BCUT2D eigenvalue weighted by atomic mass is 10.1. The van der Waals surface area contributed by atoms with E-state index in [0.29, 0.717) is 15.8 Å². The fourth-order valence-corrected chi connectivity index (χ4v) is 2.82. The number of hydrogen-bond acceptors (Lipinski definition) is 4. The van der Waals surface area contributed by atoms with Crippen LogP contribution in [0.3, 0.4) is 0 Å². The first-order chi connectivity index (χ1) is 10.5. The Morgan fingerprint density at radius 2 is 2.14 bits per heavy atom. The van der Waals surface area contributed by atoms with Gasteiger partial charge in [0.1, 0.15) is 0 Å². The van der Waals surface area contributed by atoms with Gasteiger partial charge in [0.2, 0.25) is 11.8 Å². The molecule has 0 aliphatic heterocycles. The van der Waals surface area contributed by atoms with Crippen molar-refractivity contribution in [1.82, 2.24) is 4.98 Å². The average molecular weight is 336 g/mol. The van der Waals surface area contributed by atoms with Crippen molar-refractivity contribution in [3.05, 3.63) is 52.0 Å². The lowest BCUT2D eigenvalue weighted by molar-refractivity contribution is -0.117. The minimum absolute atomic E-state index is 0.0564. The van der Waals surface area contributed by atoms with E-state index in [1.807, 2.05) is 18.2 Å². The molecule has 114 valence electrons. The second-order valence-corrected chi connectivity index (χ2v) is 5.85. The number of benzene rings is 1. The summed E-state index contributed by atoms with van der Waals surface area (Å²) >= 11 is 7.33. The van der Waals surface area contributed by atoms with Gasteiger partial charge in [-0.15, -0.1) is 11.3 Å². The van der Waals surface area contributed by atoms with Gasteiger partial charge in [0.25, 0.3) is 0 Å². The number of hydrogen-bond donors (Lipinski definition) is 2. The van der Waals surface area contributed by atoms with Crippen molar-refractivity contribution in [2.45, 2.75) is 13.3 Å². The molecule has 5 nitrogen and oxygen atoms in total. The monoisotopic (exact) mass is 335 g/mol. The first-order valence-electron chi connectivity index (χ1n) is 6.42. The van der Waals surface area contributed by atoms with E-state index in [0.717, 1.165) is 11.1 Å². The predicted octanol–water partition coefficient (Wildman–Crippen LogP) is 2.87. The Balaban J connectivity index is 2.06. The highest BCUT2D eigenvalue weighted by atomic mass is 35.5. The zero-order valence-corrected chi connectivity index (χ0v) is 13.4. The molecule has 0 atom stereocenters. The van der Waals surface area contributed by atoms with Crippen molar-refractivity contribution < 1.29 is 9.59 Å². The Morgan fingerprint density at radius 3 is 2.82 bits per heavy atom. The molecule has 0 spiro atoms. The third kappa shape index (κ3) is 4.41. The molecule has 7 heteroatoms. The van der Waals surface area contributed by atoms with Gasteiger partial charge < -0.3 is 5.73 Å². The molecule has 1 heterocycles. The van der Waals surface area contributed by atoms with Crippen LogP contribution >= 0.6 is 22.9 Å². The largest absolute Gasteiger partial charge is 0.369 e. The van der Waals surface area contributed by atoms with Crippen LogP contribution in [0.5, 0.6) is 0 Å². The number of amides is 2. The highest BCUT2D eigenvalue weighted by molar-refractivity contribution is 7.14. The number of nitrogens with two attached hydrogens (primary N) is 1. The molecule has 0 radical (unpaired) electrons. The van der Waals surface area contributed by atoms with Crippen molar-refractivity contribution in [1.29, 1.82) is 0 Å². The smallest absolute Gasteiger partial charge is 0.250 e. The molecular weight excluding hydrogens is 322 g/mol. The SMILES string of the molecule is C/C(=C\C(=O)Nc1nc(CC(N)=O)cs1)c1ccccc1Cl. The van der Waals surface area contributed by atoms with Crippen molar-refractivity contribution in [2.75, 3.05) is 5.32 Å². The number of anilines is 1. The molecule has 1 aromatic heterocycles. The second kappa shape index (κ2) is 7.20. The van der Waals surface area contributed by atoms with E-state index in [4.69, 9.17) is 17.3 Å². The molecule has 1 aromatic carbocycles. The Morgan fingerprint density at radius 1 is 1.41 bits per heavy atom. The van der Waals surface area contributed by atoms with Crippen LogP contribution in [-0.2, 0) is 16.0 Å². The van der Waals surface area contributed by atoms with Crippen LogP contribution < -0.4 is 11.1 Å². The molecule has 0 saturated carbocycles. The van der Waals surface area contributed by atoms with Gasteiger partial charge in [0.05, 0.1) is 12.1 Å². The van der Waals surface area contributed by atoms with E-state index < -0.39 is 5.91 Å². The fraction of sp³-hybridized carbons (Fsp3) is 0.133. The third-order valence-electron chi connectivity index (χ3n) is 2.78. The summed E-state index contributed by atoms with van der Waals surface area (Å²) in [4.78, 5) is 26.9. The predicted molar refractivity (Wildman–Crippen MR) is 88.7 cm³/mol. The van der Waals surface area contributed by atoms with Crippen molar-refractivity contribution in [3.63, 3.8) is 0 Å². The molecule has 22 heavy (non-hydrogen) atoms. The van der Waals surface area contributed by atoms with Gasteiger partial charge in [-0.25, -0.2) is 4.98 Å². The van der Waals surface area contributed by atoms with Gasteiger partial charge in [-0.05, 0) is 24.1 Å². The standard InChI is InChI=1S/C15H14ClN3O2S/c1-9(11-4-2-3-5-12(11)16)6-14(21)19-15-18-10(8-22-15)7-13(17)20/h2-6,8H,7H2,1H3,(H2,17,20)(H,18,19,21)/b9-6+. The molecule has 0 aliphatic rings. The van der Waals surface area contributed by atoms with E-state index in [-0.39, 0.29) is 12.3 Å². The minimum atomic E-state index is -0.461. The minimum Gasteiger partial charge on any atom is -0.369 e. The number of rotatable bonds is 5. The molecule has 0 fully saturated rings. The summed E-state index contributed by atoms with van der Waals surface area (Å²) in [6.07, 6.45) is 1.51. The maximum absolute atomic E-state index is 12.0. The molecular formula is C15H14ClN3O2S. The first kappa shape index (κ1) is 16.2.